The van der Waals surface area contributed by atoms with E-state index in [1.807, 2.05) is 31.2 Å². The summed E-state index contributed by atoms with van der Waals surface area (Å²) < 4.78 is 5.32. The lowest BCUT2D eigenvalue weighted by molar-refractivity contribution is -0.121. The summed E-state index contributed by atoms with van der Waals surface area (Å²) >= 11 is 0. The molecule has 0 aromatic heterocycles. The molecule has 19 heavy (non-hydrogen) atoms. The van der Waals surface area contributed by atoms with Gasteiger partial charge in [-0.05, 0) is 36.9 Å². The molecular weight excluding hydrogens is 240 g/mol. The number of para-hydroxylation sites is 1. The van der Waals surface area contributed by atoms with Gasteiger partial charge in [0.1, 0.15) is 5.75 Å². The lowest BCUT2D eigenvalue weighted by Gasteiger charge is -2.15. The maximum Gasteiger partial charge on any atom is 0.220 e. The van der Waals surface area contributed by atoms with Crippen LogP contribution in [0.15, 0.2) is 24.3 Å². The summed E-state index contributed by atoms with van der Waals surface area (Å²) in [5, 5.41) is 2.92. The maximum atomic E-state index is 11.8. The van der Waals surface area contributed by atoms with Gasteiger partial charge in [0, 0.05) is 13.0 Å². The largest absolute Gasteiger partial charge is 0.496 e. The quantitative estimate of drug-likeness (QED) is 0.706. The Morgan fingerprint density at radius 2 is 2.11 bits per heavy atom. The summed E-state index contributed by atoms with van der Waals surface area (Å²) in [6.45, 7) is 3.42. The fourth-order valence-corrected chi connectivity index (χ4v) is 2.03. The van der Waals surface area contributed by atoms with E-state index in [1.165, 1.54) is 0 Å². The van der Waals surface area contributed by atoms with Crippen molar-refractivity contribution in [1.82, 2.24) is 5.32 Å². The topological polar surface area (TPSA) is 64.3 Å². The van der Waals surface area contributed by atoms with E-state index in [0.29, 0.717) is 19.5 Å². The monoisotopic (exact) mass is 264 g/mol. The number of benzene rings is 1. The zero-order valence-electron chi connectivity index (χ0n) is 11.8. The molecule has 1 amide bonds. The van der Waals surface area contributed by atoms with Crippen LogP contribution in [0.5, 0.6) is 5.75 Å². The van der Waals surface area contributed by atoms with Crippen LogP contribution in [-0.2, 0) is 4.79 Å². The molecule has 0 aliphatic rings. The molecule has 0 aliphatic heterocycles. The van der Waals surface area contributed by atoms with Crippen molar-refractivity contribution in [1.29, 1.82) is 0 Å². The predicted molar refractivity (Wildman–Crippen MR) is 77.3 cm³/mol. The number of unbranched alkanes of at least 4 members (excludes halogenated alkanes) is 1. The predicted octanol–water partition coefficient (Wildman–Crippen LogP) is 2.04. The van der Waals surface area contributed by atoms with Gasteiger partial charge in [-0.1, -0.05) is 25.1 Å². The van der Waals surface area contributed by atoms with E-state index in [9.17, 15) is 4.79 Å². The summed E-state index contributed by atoms with van der Waals surface area (Å²) in [6.07, 6.45) is 2.36. The number of amides is 1. The van der Waals surface area contributed by atoms with Crippen LogP contribution in [0.1, 0.15) is 37.7 Å². The van der Waals surface area contributed by atoms with Gasteiger partial charge in [-0.15, -0.1) is 0 Å². The minimum absolute atomic E-state index is 0.0791. The number of ether oxygens (including phenoxy) is 1. The SMILES string of the molecule is COc1ccccc1C(C)CC(=O)NCCCCN. The summed E-state index contributed by atoms with van der Waals surface area (Å²) in [4.78, 5) is 11.8. The average molecular weight is 264 g/mol. The van der Waals surface area contributed by atoms with Crippen LogP contribution in [-0.4, -0.2) is 26.1 Å². The highest BCUT2D eigenvalue weighted by atomic mass is 16.5. The first kappa shape index (κ1) is 15.5. The average Bonchev–Trinajstić information content (AvgIpc) is 2.43. The number of carbonyl (C=O) groups is 1. The number of nitrogens with two attached hydrogens (primary N) is 1. The van der Waals surface area contributed by atoms with Crippen molar-refractivity contribution in [3.05, 3.63) is 29.8 Å². The Morgan fingerprint density at radius 3 is 2.79 bits per heavy atom. The molecule has 1 atom stereocenters. The number of nitrogens with one attached hydrogen (secondary N) is 1. The smallest absolute Gasteiger partial charge is 0.220 e. The Balaban J connectivity index is 2.45. The highest BCUT2D eigenvalue weighted by Gasteiger charge is 2.14. The minimum Gasteiger partial charge on any atom is -0.496 e. The minimum atomic E-state index is 0.0791. The molecule has 1 unspecified atom stereocenters. The van der Waals surface area contributed by atoms with Crippen LogP contribution >= 0.6 is 0 Å². The summed E-state index contributed by atoms with van der Waals surface area (Å²) in [5.41, 5.74) is 6.48. The van der Waals surface area contributed by atoms with Crippen molar-refractivity contribution in [3.63, 3.8) is 0 Å². The fourth-order valence-electron chi connectivity index (χ4n) is 2.03. The summed E-state index contributed by atoms with van der Waals surface area (Å²) in [5.74, 6) is 1.06. The Morgan fingerprint density at radius 1 is 1.37 bits per heavy atom. The molecule has 0 heterocycles. The first-order valence-corrected chi connectivity index (χ1v) is 6.78. The van der Waals surface area contributed by atoms with Gasteiger partial charge in [0.2, 0.25) is 5.91 Å². The van der Waals surface area contributed by atoms with Crippen LogP contribution in [0.3, 0.4) is 0 Å². The lowest BCUT2D eigenvalue weighted by Crippen LogP contribution is -2.26. The second-order valence-corrected chi connectivity index (χ2v) is 4.69. The maximum absolute atomic E-state index is 11.8. The van der Waals surface area contributed by atoms with Gasteiger partial charge in [-0.3, -0.25) is 4.79 Å². The third-order valence-corrected chi connectivity index (χ3v) is 3.11. The van der Waals surface area contributed by atoms with Crippen molar-refractivity contribution in [2.45, 2.75) is 32.1 Å². The fraction of sp³-hybridized carbons (Fsp3) is 0.533. The van der Waals surface area contributed by atoms with Crippen molar-refractivity contribution < 1.29 is 9.53 Å². The van der Waals surface area contributed by atoms with E-state index in [2.05, 4.69) is 5.32 Å². The van der Waals surface area contributed by atoms with Crippen LogP contribution < -0.4 is 15.8 Å². The second-order valence-electron chi connectivity index (χ2n) is 4.69. The summed E-state index contributed by atoms with van der Waals surface area (Å²) in [6, 6.07) is 7.83. The van der Waals surface area contributed by atoms with Gasteiger partial charge < -0.3 is 15.8 Å². The normalized spacial score (nSPS) is 11.9. The Hall–Kier alpha value is -1.55. The standard InChI is InChI=1S/C15H24N2O2/c1-12(11-15(18)17-10-6-5-9-16)13-7-3-4-8-14(13)19-2/h3-4,7-8,12H,5-6,9-11,16H2,1-2H3,(H,17,18). The van der Waals surface area contributed by atoms with Crippen LogP contribution in [0.2, 0.25) is 0 Å². The molecule has 0 spiro atoms. The molecule has 0 saturated carbocycles. The molecule has 0 saturated heterocycles. The van der Waals surface area contributed by atoms with Gasteiger partial charge in [-0.25, -0.2) is 0 Å². The van der Waals surface area contributed by atoms with Crippen LogP contribution in [0.25, 0.3) is 0 Å². The number of carbonyl (C=O) groups excluding carboxylic acids is 1. The zero-order valence-corrected chi connectivity index (χ0v) is 11.8. The Kier molecular flexibility index (Phi) is 6.97. The van der Waals surface area contributed by atoms with Gasteiger partial charge in [-0.2, -0.15) is 0 Å². The molecule has 106 valence electrons. The van der Waals surface area contributed by atoms with E-state index < -0.39 is 0 Å². The van der Waals surface area contributed by atoms with Gasteiger partial charge in [0.25, 0.3) is 0 Å². The van der Waals surface area contributed by atoms with E-state index >= 15 is 0 Å². The third kappa shape index (κ3) is 5.30. The molecule has 4 nitrogen and oxygen atoms in total. The van der Waals surface area contributed by atoms with Crippen molar-refractivity contribution >= 4 is 5.91 Å². The molecule has 1 aromatic carbocycles. The van der Waals surface area contributed by atoms with Gasteiger partial charge in [0.05, 0.1) is 7.11 Å². The number of rotatable bonds is 8. The lowest BCUT2D eigenvalue weighted by atomic mass is 9.96. The first-order valence-electron chi connectivity index (χ1n) is 6.78. The van der Waals surface area contributed by atoms with Gasteiger partial charge in [0.15, 0.2) is 0 Å². The summed E-state index contributed by atoms with van der Waals surface area (Å²) in [7, 11) is 1.65. The van der Waals surface area contributed by atoms with E-state index in [4.69, 9.17) is 10.5 Å². The third-order valence-electron chi connectivity index (χ3n) is 3.11. The molecule has 0 aliphatic carbocycles. The molecule has 1 rings (SSSR count). The van der Waals surface area contributed by atoms with Gasteiger partial charge >= 0.3 is 0 Å². The van der Waals surface area contributed by atoms with E-state index in [1.54, 1.807) is 7.11 Å². The zero-order chi connectivity index (χ0) is 14.1. The molecule has 0 bridgehead atoms. The number of hydrogen-bond donors (Lipinski definition) is 2. The number of methoxy groups -OCH3 is 1. The Labute approximate surface area is 115 Å². The molecular formula is C15H24N2O2. The van der Waals surface area contributed by atoms with Crippen LogP contribution in [0.4, 0.5) is 0 Å². The van der Waals surface area contributed by atoms with Crippen molar-refractivity contribution in [2.24, 2.45) is 5.73 Å². The molecule has 1 aromatic rings. The highest BCUT2D eigenvalue weighted by Crippen LogP contribution is 2.28. The molecule has 0 radical (unpaired) electrons. The second kappa shape index (κ2) is 8.53. The Bertz CT molecular complexity index is 393. The van der Waals surface area contributed by atoms with Crippen molar-refractivity contribution in [3.8, 4) is 5.75 Å². The van der Waals surface area contributed by atoms with Crippen molar-refractivity contribution in [2.75, 3.05) is 20.2 Å². The first-order chi connectivity index (χ1) is 9.19. The van der Waals surface area contributed by atoms with Crippen LogP contribution in [0, 0.1) is 0 Å². The molecule has 0 fully saturated rings. The number of hydrogen-bond acceptors (Lipinski definition) is 3. The van der Waals surface area contributed by atoms with E-state index in [-0.39, 0.29) is 11.8 Å². The molecule has 4 heteroatoms. The van der Waals surface area contributed by atoms with E-state index in [0.717, 1.165) is 24.2 Å². The highest BCUT2D eigenvalue weighted by molar-refractivity contribution is 5.76. The molecule has 3 N–H and O–H groups in total.